The van der Waals surface area contributed by atoms with Crippen LogP contribution in [0.5, 0.6) is 0 Å². The average Bonchev–Trinajstić information content (AvgIpc) is 1.89. The molecule has 0 saturated carbocycles. The zero-order valence-electron chi connectivity index (χ0n) is 5.73. The van der Waals surface area contributed by atoms with Crippen LogP contribution in [0.1, 0.15) is 13.3 Å². The third-order valence-electron chi connectivity index (χ3n) is 0.698. The van der Waals surface area contributed by atoms with Crippen molar-refractivity contribution in [2.24, 2.45) is 0 Å². The van der Waals surface area contributed by atoms with E-state index in [0.717, 1.165) is 12.2 Å². The molecule has 0 radical (unpaired) electrons. The molecule has 0 aromatic rings. The average molecular weight is 148 g/mol. The third kappa shape index (κ3) is 5.49. The molecule has 0 aliphatic heterocycles. The number of nitrogens with one attached hydrogen (secondary N) is 2. The van der Waals surface area contributed by atoms with Crippen LogP contribution in [-0.2, 0) is 0 Å². The van der Waals surface area contributed by atoms with Gasteiger partial charge in [0.05, 0.1) is 0 Å². The van der Waals surface area contributed by atoms with Crippen LogP contribution in [0.4, 0.5) is 4.79 Å². The summed E-state index contributed by atoms with van der Waals surface area (Å²) >= 11 is 1.42. The van der Waals surface area contributed by atoms with Crippen LogP contribution in [0.3, 0.4) is 0 Å². The number of rotatable bonds is 3. The topological polar surface area (TPSA) is 41.1 Å². The number of urea groups is 1. The summed E-state index contributed by atoms with van der Waals surface area (Å²) in [6.45, 7) is 2.07. The second kappa shape index (κ2) is 5.75. The molecule has 0 atom stereocenters. The second-order valence-corrected chi connectivity index (χ2v) is 2.43. The molecule has 2 N–H and O–H groups in total. The van der Waals surface area contributed by atoms with Gasteiger partial charge < -0.3 is 5.32 Å². The van der Waals surface area contributed by atoms with Gasteiger partial charge in [-0.3, -0.25) is 4.72 Å². The van der Waals surface area contributed by atoms with Gasteiger partial charge in [0, 0.05) is 12.8 Å². The minimum absolute atomic E-state index is 0.131. The highest BCUT2D eigenvalue weighted by molar-refractivity contribution is 7.97. The minimum atomic E-state index is -0.131. The van der Waals surface area contributed by atoms with Crippen molar-refractivity contribution in [2.75, 3.05) is 12.8 Å². The minimum Gasteiger partial charge on any atom is -0.341 e. The van der Waals surface area contributed by atoms with Crippen LogP contribution in [0.2, 0.25) is 0 Å². The van der Waals surface area contributed by atoms with Crippen molar-refractivity contribution in [1.29, 1.82) is 0 Å². The van der Waals surface area contributed by atoms with Crippen LogP contribution in [-0.4, -0.2) is 18.8 Å². The van der Waals surface area contributed by atoms with E-state index in [9.17, 15) is 4.79 Å². The summed E-state index contributed by atoms with van der Waals surface area (Å²) < 4.78 is 2.60. The standard InChI is InChI=1S/C5H12N2OS/c1-3-4-9-7-5(8)6-2/h3-4H2,1-2H3,(H2,6,7,8). The summed E-state index contributed by atoms with van der Waals surface area (Å²) in [4.78, 5) is 10.4. The van der Waals surface area contributed by atoms with Crippen LogP contribution in [0.25, 0.3) is 0 Å². The summed E-state index contributed by atoms with van der Waals surface area (Å²) in [5.74, 6) is 0.966. The second-order valence-electron chi connectivity index (χ2n) is 1.53. The zero-order chi connectivity index (χ0) is 7.11. The van der Waals surface area contributed by atoms with Crippen LogP contribution >= 0.6 is 11.9 Å². The normalized spacial score (nSPS) is 8.67. The molecule has 0 fully saturated rings. The zero-order valence-corrected chi connectivity index (χ0v) is 6.55. The molecule has 3 nitrogen and oxygen atoms in total. The van der Waals surface area contributed by atoms with Crippen LogP contribution in [0.15, 0.2) is 0 Å². The fourth-order valence-corrected chi connectivity index (χ4v) is 0.809. The van der Waals surface area contributed by atoms with Gasteiger partial charge in [-0.25, -0.2) is 4.79 Å². The molecule has 0 aliphatic rings. The molecule has 0 unspecified atom stereocenters. The Morgan fingerprint density at radius 3 is 2.78 bits per heavy atom. The van der Waals surface area contributed by atoms with E-state index in [0.29, 0.717) is 0 Å². The molecular weight excluding hydrogens is 136 g/mol. The van der Waals surface area contributed by atoms with Crippen molar-refractivity contribution in [3.8, 4) is 0 Å². The lowest BCUT2D eigenvalue weighted by atomic mass is 10.6. The molecule has 0 aromatic heterocycles. The predicted molar refractivity (Wildman–Crippen MR) is 40.3 cm³/mol. The van der Waals surface area contributed by atoms with Gasteiger partial charge in [-0.15, -0.1) is 0 Å². The number of carbonyl (C=O) groups is 1. The lowest BCUT2D eigenvalue weighted by molar-refractivity contribution is 0.248. The van der Waals surface area contributed by atoms with E-state index in [-0.39, 0.29) is 6.03 Å². The van der Waals surface area contributed by atoms with Crippen molar-refractivity contribution in [1.82, 2.24) is 10.0 Å². The molecule has 54 valence electrons. The Morgan fingerprint density at radius 2 is 2.33 bits per heavy atom. The number of carbonyl (C=O) groups excluding carboxylic acids is 1. The SMILES string of the molecule is CCCSNC(=O)NC. The van der Waals surface area contributed by atoms with Crippen molar-refractivity contribution in [3.63, 3.8) is 0 Å². The quantitative estimate of drug-likeness (QED) is 0.462. The van der Waals surface area contributed by atoms with Gasteiger partial charge in [0.15, 0.2) is 0 Å². The van der Waals surface area contributed by atoms with Gasteiger partial charge in [-0.2, -0.15) is 0 Å². The highest BCUT2D eigenvalue weighted by atomic mass is 32.2. The Bertz CT molecular complexity index is 87.0. The molecule has 0 aromatic carbocycles. The maximum Gasteiger partial charge on any atom is 0.324 e. The van der Waals surface area contributed by atoms with Gasteiger partial charge in [-0.05, 0) is 18.4 Å². The van der Waals surface area contributed by atoms with Gasteiger partial charge >= 0.3 is 6.03 Å². The van der Waals surface area contributed by atoms with Crippen LogP contribution < -0.4 is 10.0 Å². The van der Waals surface area contributed by atoms with Crippen molar-refractivity contribution >= 4 is 18.0 Å². The number of hydrogen-bond acceptors (Lipinski definition) is 2. The number of hydrogen-bond donors (Lipinski definition) is 2. The molecule has 0 bridgehead atoms. The highest BCUT2D eigenvalue weighted by Gasteiger charge is 1.91. The monoisotopic (exact) mass is 148 g/mol. The Hall–Kier alpha value is -0.380. The number of amides is 2. The molecule has 0 aliphatic carbocycles. The molecular formula is C5H12N2OS. The van der Waals surface area contributed by atoms with E-state index >= 15 is 0 Å². The summed E-state index contributed by atoms with van der Waals surface area (Å²) in [7, 11) is 1.60. The summed E-state index contributed by atoms with van der Waals surface area (Å²) in [6.07, 6.45) is 1.08. The molecule has 0 spiro atoms. The predicted octanol–water partition coefficient (Wildman–Crippen LogP) is 0.974. The first-order valence-corrected chi connectivity index (χ1v) is 3.89. The fourth-order valence-electron chi connectivity index (χ4n) is 0.270. The Labute approximate surface area is 59.7 Å². The van der Waals surface area contributed by atoms with E-state index in [1.54, 1.807) is 7.05 Å². The largest absolute Gasteiger partial charge is 0.341 e. The van der Waals surface area contributed by atoms with E-state index in [1.165, 1.54) is 11.9 Å². The van der Waals surface area contributed by atoms with E-state index < -0.39 is 0 Å². The molecule has 9 heavy (non-hydrogen) atoms. The van der Waals surface area contributed by atoms with E-state index in [4.69, 9.17) is 0 Å². The molecule has 4 heteroatoms. The maximum atomic E-state index is 10.4. The Kier molecular flexibility index (Phi) is 5.51. The molecule has 0 rings (SSSR count). The van der Waals surface area contributed by atoms with Gasteiger partial charge in [0.2, 0.25) is 0 Å². The summed E-state index contributed by atoms with van der Waals surface area (Å²) in [6, 6.07) is -0.131. The third-order valence-corrected chi connectivity index (χ3v) is 1.64. The van der Waals surface area contributed by atoms with Gasteiger partial charge in [-0.1, -0.05) is 6.92 Å². The lowest BCUT2D eigenvalue weighted by Crippen LogP contribution is -2.27. The highest BCUT2D eigenvalue weighted by Crippen LogP contribution is 1.93. The first kappa shape index (κ1) is 8.62. The van der Waals surface area contributed by atoms with Crippen LogP contribution in [0, 0.1) is 0 Å². The Morgan fingerprint density at radius 1 is 1.67 bits per heavy atom. The smallest absolute Gasteiger partial charge is 0.324 e. The fraction of sp³-hybridized carbons (Fsp3) is 0.800. The lowest BCUT2D eigenvalue weighted by Gasteiger charge is -1.99. The summed E-state index contributed by atoms with van der Waals surface area (Å²) in [5, 5.41) is 2.45. The first-order chi connectivity index (χ1) is 4.31. The van der Waals surface area contributed by atoms with Crippen molar-refractivity contribution in [3.05, 3.63) is 0 Å². The summed E-state index contributed by atoms with van der Waals surface area (Å²) in [5.41, 5.74) is 0. The first-order valence-electron chi connectivity index (χ1n) is 2.90. The molecule has 0 heterocycles. The van der Waals surface area contributed by atoms with E-state index in [1.807, 2.05) is 0 Å². The molecule has 2 amide bonds. The Balaban J connectivity index is 2.97. The van der Waals surface area contributed by atoms with Gasteiger partial charge in [0.1, 0.15) is 0 Å². The molecule has 0 saturated heterocycles. The maximum absolute atomic E-state index is 10.4. The van der Waals surface area contributed by atoms with Crippen molar-refractivity contribution in [2.45, 2.75) is 13.3 Å². The van der Waals surface area contributed by atoms with Gasteiger partial charge in [0.25, 0.3) is 0 Å². The van der Waals surface area contributed by atoms with Crippen molar-refractivity contribution < 1.29 is 4.79 Å². The van der Waals surface area contributed by atoms with E-state index in [2.05, 4.69) is 17.0 Å².